The molecule has 1 aliphatic rings. The Balaban J connectivity index is 1.89. The smallest absolute Gasteiger partial charge is 0.374 e. The molecule has 136 valence electrons. The van der Waals surface area contributed by atoms with E-state index in [1.807, 2.05) is 22.9 Å². The summed E-state index contributed by atoms with van der Waals surface area (Å²) in [6, 6.07) is 3.30. The maximum Gasteiger partial charge on any atom is 0.425 e. The van der Waals surface area contributed by atoms with Crippen LogP contribution in [-0.2, 0) is 24.0 Å². The van der Waals surface area contributed by atoms with Crippen LogP contribution in [-0.4, -0.2) is 42.8 Å². The number of alkyl halides is 3. The predicted molar refractivity (Wildman–Crippen MR) is 82.3 cm³/mol. The molecule has 9 heteroatoms. The van der Waals surface area contributed by atoms with E-state index in [0.717, 1.165) is 16.5 Å². The highest BCUT2D eigenvalue weighted by atomic mass is 19.4. The van der Waals surface area contributed by atoms with Gasteiger partial charge in [-0.1, -0.05) is 0 Å². The van der Waals surface area contributed by atoms with Crippen LogP contribution in [0.5, 0.6) is 0 Å². The van der Waals surface area contributed by atoms with Crippen LogP contribution in [0, 0.1) is 0 Å². The summed E-state index contributed by atoms with van der Waals surface area (Å²) in [5, 5.41) is 10.4. The molecule has 2 atom stereocenters. The van der Waals surface area contributed by atoms with Gasteiger partial charge in [0.15, 0.2) is 5.82 Å². The Morgan fingerprint density at radius 2 is 2.08 bits per heavy atom. The van der Waals surface area contributed by atoms with Gasteiger partial charge in [0, 0.05) is 44.4 Å². The normalized spacial score (nSPS) is 20.2. The lowest BCUT2D eigenvalue weighted by atomic mass is 9.96. The van der Waals surface area contributed by atoms with Crippen molar-refractivity contribution in [2.75, 3.05) is 6.54 Å². The topological polar surface area (TPSA) is 63.3 Å². The number of imidazole rings is 1. The molecule has 0 unspecified atom stereocenters. The third kappa shape index (κ3) is 2.82. The summed E-state index contributed by atoms with van der Waals surface area (Å²) < 4.78 is 43.8. The lowest BCUT2D eigenvalue weighted by molar-refractivity contribution is -0.272. The van der Waals surface area contributed by atoms with Crippen LogP contribution < -0.4 is 0 Å². The van der Waals surface area contributed by atoms with Crippen LogP contribution >= 0.6 is 0 Å². The second kappa shape index (κ2) is 5.91. The average Bonchev–Trinajstić information content (AvgIpc) is 3.15. The van der Waals surface area contributed by atoms with Gasteiger partial charge in [0.05, 0.1) is 12.5 Å². The minimum atomic E-state index is -5.03. The molecule has 0 fully saturated rings. The first-order valence-corrected chi connectivity index (χ1v) is 7.86. The van der Waals surface area contributed by atoms with Gasteiger partial charge in [0.2, 0.25) is 11.5 Å². The fourth-order valence-corrected chi connectivity index (χ4v) is 3.31. The number of rotatable bonds is 3. The van der Waals surface area contributed by atoms with Gasteiger partial charge in [-0.3, -0.25) is 4.79 Å². The van der Waals surface area contributed by atoms with Gasteiger partial charge in [-0.05, 0) is 19.1 Å². The highest BCUT2D eigenvalue weighted by Gasteiger charge is 2.59. The van der Waals surface area contributed by atoms with E-state index >= 15 is 0 Å². The van der Waals surface area contributed by atoms with Gasteiger partial charge in [0.1, 0.15) is 0 Å². The average molecular weight is 356 g/mol. The zero-order chi connectivity index (χ0) is 18.4. The van der Waals surface area contributed by atoms with E-state index in [-0.39, 0.29) is 12.6 Å². The van der Waals surface area contributed by atoms with Gasteiger partial charge >= 0.3 is 6.18 Å². The first-order valence-electron chi connectivity index (χ1n) is 7.86. The number of aliphatic hydroxyl groups is 1. The number of nitrogens with zero attached hydrogens (tertiary/aromatic N) is 4. The lowest BCUT2D eigenvalue weighted by Gasteiger charge is -2.37. The minimum Gasteiger partial charge on any atom is -0.374 e. The Labute approximate surface area is 142 Å². The number of aryl methyl sites for hydroxylation is 1. The molecule has 0 aromatic carbocycles. The van der Waals surface area contributed by atoms with Crippen molar-refractivity contribution in [2.45, 2.75) is 37.7 Å². The van der Waals surface area contributed by atoms with Crippen molar-refractivity contribution >= 4 is 5.91 Å². The SMILES string of the molecule is C[C@@H]1c2cccn2CCN1C(=O)C[C@](O)(c1nccn1C)C(F)(F)F. The summed E-state index contributed by atoms with van der Waals surface area (Å²) >= 11 is 0. The molecule has 0 saturated heterocycles. The fourth-order valence-electron chi connectivity index (χ4n) is 3.31. The van der Waals surface area contributed by atoms with Gasteiger partial charge in [0.25, 0.3) is 0 Å². The molecule has 0 radical (unpaired) electrons. The summed E-state index contributed by atoms with van der Waals surface area (Å²) in [7, 11) is 1.35. The molecule has 1 aliphatic heterocycles. The van der Waals surface area contributed by atoms with E-state index in [4.69, 9.17) is 0 Å². The third-order valence-electron chi connectivity index (χ3n) is 4.73. The summed E-state index contributed by atoms with van der Waals surface area (Å²) in [5.41, 5.74) is -2.48. The largest absolute Gasteiger partial charge is 0.425 e. The van der Waals surface area contributed by atoms with Crippen molar-refractivity contribution in [1.82, 2.24) is 19.0 Å². The molecule has 0 spiro atoms. The molecule has 1 N–H and O–H groups in total. The number of fused-ring (bicyclic) bond motifs is 1. The van der Waals surface area contributed by atoms with Crippen molar-refractivity contribution < 1.29 is 23.1 Å². The Kier molecular flexibility index (Phi) is 4.14. The standard InChI is InChI=1S/C16H19F3N4O2/c1-11-12-4-3-6-22(12)8-9-23(11)13(24)10-15(25,16(17,18)19)14-20-5-7-21(14)2/h3-7,11,25H,8-10H2,1-2H3/t11-,15+/m1/s1. The van der Waals surface area contributed by atoms with Crippen LogP contribution in [0.2, 0.25) is 0 Å². The maximum atomic E-state index is 13.6. The molecule has 2 aromatic heterocycles. The number of amides is 1. The van der Waals surface area contributed by atoms with Crippen molar-refractivity contribution in [3.05, 3.63) is 42.2 Å². The molecule has 0 bridgehead atoms. The summed E-state index contributed by atoms with van der Waals surface area (Å²) in [6.45, 7) is 2.55. The minimum absolute atomic E-state index is 0.288. The van der Waals surface area contributed by atoms with Crippen molar-refractivity contribution in [2.24, 2.45) is 7.05 Å². The molecule has 0 aliphatic carbocycles. The molecule has 1 amide bonds. The molecule has 6 nitrogen and oxygen atoms in total. The van der Waals surface area contributed by atoms with E-state index in [0.29, 0.717) is 6.54 Å². The van der Waals surface area contributed by atoms with E-state index in [2.05, 4.69) is 4.98 Å². The molecule has 2 aromatic rings. The molecule has 25 heavy (non-hydrogen) atoms. The van der Waals surface area contributed by atoms with Crippen LogP contribution in [0.15, 0.2) is 30.7 Å². The zero-order valence-corrected chi connectivity index (χ0v) is 13.9. The van der Waals surface area contributed by atoms with Crippen LogP contribution in [0.3, 0.4) is 0 Å². The summed E-state index contributed by atoms with van der Waals surface area (Å²) in [4.78, 5) is 17.6. The number of carbonyl (C=O) groups is 1. The molecule has 3 rings (SSSR count). The maximum absolute atomic E-state index is 13.6. The van der Waals surface area contributed by atoms with Crippen LogP contribution in [0.4, 0.5) is 13.2 Å². The summed E-state index contributed by atoms with van der Waals surface area (Å²) in [6.07, 6.45) is -1.80. The highest BCUT2D eigenvalue weighted by molar-refractivity contribution is 5.78. The Morgan fingerprint density at radius 1 is 1.36 bits per heavy atom. The Morgan fingerprint density at radius 3 is 2.68 bits per heavy atom. The molecule has 3 heterocycles. The molecular weight excluding hydrogens is 337 g/mol. The van der Waals surface area contributed by atoms with E-state index in [9.17, 15) is 23.1 Å². The van der Waals surface area contributed by atoms with Gasteiger partial charge in [-0.25, -0.2) is 4.98 Å². The summed E-state index contributed by atoms with van der Waals surface area (Å²) in [5.74, 6) is -1.36. The van der Waals surface area contributed by atoms with E-state index in [1.54, 1.807) is 6.92 Å². The van der Waals surface area contributed by atoms with Crippen LogP contribution in [0.1, 0.15) is 30.9 Å². The highest BCUT2D eigenvalue weighted by Crippen LogP contribution is 2.41. The van der Waals surface area contributed by atoms with Gasteiger partial charge in [-0.2, -0.15) is 13.2 Å². The number of hydrogen-bond acceptors (Lipinski definition) is 3. The van der Waals surface area contributed by atoms with E-state index < -0.39 is 29.9 Å². The van der Waals surface area contributed by atoms with Gasteiger partial charge in [-0.15, -0.1) is 0 Å². The Hall–Kier alpha value is -2.29. The van der Waals surface area contributed by atoms with Crippen molar-refractivity contribution in [1.29, 1.82) is 0 Å². The monoisotopic (exact) mass is 356 g/mol. The first kappa shape index (κ1) is 17.5. The number of carbonyl (C=O) groups excluding carboxylic acids is 1. The number of hydrogen-bond donors (Lipinski definition) is 1. The van der Waals surface area contributed by atoms with Crippen LogP contribution in [0.25, 0.3) is 0 Å². The number of aromatic nitrogens is 3. The quantitative estimate of drug-likeness (QED) is 0.915. The van der Waals surface area contributed by atoms with Crippen molar-refractivity contribution in [3.63, 3.8) is 0 Å². The lowest BCUT2D eigenvalue weighted by Crippen LogP contribution is -2.50. The van der Waals surface area contributed by atoms with Gasteiger partial charge < -0.3 is 19.1 Å². The Bertz CT molecular complexity index is 782. The first-order chi connectivity index (χ1) is 11.6. The molecular formula is C16H19F3N4O2. The predicted octanol–water partition coefficient (Wildman–Crippen LogP) is 1.96. The second-order valence-corrected chi connectivity index (χ2v) is 6.29. The molecule has 0 saturated carbocycles. The van der Waals surface area contributed by atoms with Crippen molar-refractivity contribution in [3.8, 4) is 0 Å². The fraction of sp³-hybridized carbons (Fsp3) is 0.500. The zero-order valence-electron chi connectivity index (χ0n) is 13.9. The third-order valence-corrected chi connectivity index (χ3v) is 4.73. The second-order valence-electron chi connectivity index (χ2n) is 6.29. The van der Waals surface area contributed by atoms with E-state index in [1.165, 1.54) is 18.1 Å². The number of halogens is 3.